The van der Waals surface area contributed by atoms with E-state index in [0.29, 0.717) is 12.1 Å². The summed E-state index contributed by atoms with van der Waals surface area (Å²) >= 11 is 6.10. The number of likely N-dealkylation sites (tertiary alicyclic amines) is 1. The molecular formula is C14H24ClN3. The molecule has 1 aromatic heterocycles. The lowest BCUT2D eigenvalue weighted by Gasteiger charge is -2.27. The van der Waals surface area contributed by atoms with Crippen LogP contribution in [0.2, 0.25) is 0 Å². The molecule has 1 fully saturated rings. The second-order valence-corrected chi connectivity index (χ2v) is 5.82. The molecule has 0 saturated carbocycles. The summed E-state index contributed by atoms with van der Waals surface area (Å²) in [6.45, 7) is 6.41. The topological polar surface area (TPSA) is 21.1 Å². The lowest BCUT2D eigenvalue weighted by molar-refractivity contribution is 0.204. The molecule has 1 aromatic rings. The highest BCUT2D eigenvalue weighted by molar-refractivity contribution is 6.18. The third-order valence-electron chi connectivity index (χ3n) is 3.73. The molecule has 0 spiro atoms. The third-order valence-corrected chi connectivity index (χ3v) is 4.09. The Morgan fingerprint density at radius 1 is 1.39 bits per heavy atom. The third kappa shape index (κ3) is 3.48. The van der Waals surface area contributed by atoms with Gasteiger partial charge in [0.2, 0.25) is 0 Å². The van der Waals surface area contributed by atoms with E-state index in [1.54, 1.807) is 0 Å². The summed E-state index contributed by atoms with van der Waals surface area (Å²) in [6, 6.07) is 3.10. The molecule has 1 aliphatic heterocycles. The second-order valence-electron chi connectivity index (χ2n) is 5.51. The van der Waals surface area contributed by atoms with Crippen molar-refractivity contribution in [3.63, 3.8) is 0 Å². The largest absolute Gasteiger partial charge is 0.293 e. The van der Waals surface area contributed by atoms with Crippen LogP contribution < -0.4 is 0 Å². The average molecular weight is 270 g/mol. The van der Waals surface area contributed by atoms with E-state index in [9.17, 15) is 0 Å². The van der Waals surface area contributed by atoms with E-state index in [0.717, 1.165) is 19.0 Å². The Kier molecular flexibility index (Phi) is 5.07. The Hall–Kier alpha value is -0.540. The zero-order valence-corrected chi connectivity index (χ0v) is 12.2. The smallest absolute Gasteiger partial charge is 0.0765 e. The van der Waals surface area contributed by atoms with Crippen molar-refractivity contribution in [2.45, 2.75) is 58.2 Å². The molecule has 2 heterocycles. The highest BCUT2D eigenvalue weighted by atomic mass is 35.5. The Morgan fingerprint density at radius 3 is 2.89 bits per heavy atom. The van der Waals surface area contributed by atoms with Crippen LogP contribution in [0.25, 0.3) is 0 Å². The van der Waals surface area contributed by atoms with E-state index in [1.807, 2.05) is 4.68 Å². The van der Waals surface area contributed by atoms with Gasteiger partial charge in [0.1, 0.15) is 0 Å². The maximum absolute atomic E-state index is 6.10. The fourth-order valence-corrected chi connectivity index (χ4v) is 2.93. The molecule has 0 aromatic carbocycles. The first kappa shape index (κ1) is 13.9. The minimum atomic E-state index is 0.437. The molecular weight excluding hydrogens is 246 g/mol. The normalized spacial score (nSPS) is 22.3. The highest BCUT2D eigenvalue weighted by Gasteiger charge is 2.20. The van der Waals surface area contributed by atoms with Gasteiger partial charge in [0.05, 0.1) is 5.69 Å². The van der Waals surface area contributed by atoms with E-state index in [-0.39, 0.29) is 0 Å². The van der Waals surface area contributed by atoms with E-state index in [1.165, 1.54) is 31.4 Å². The van der Waals surface area contributed by atoms with Crippen molar-refractivity contribution in [3.05, 3.63) is 18.0 Å². The minimum absolute atomic E-state index is 0.437. The number of rotatable bonds is 4. The van der Waals surface area contributed by atoms with Gasteiger partial charge >= 0.3 is 0 Å². The van der Waals surface area contributed by atoms with E-state index >= 15 is 0 Å². The molecule has 1 aliphatic rings. The van der Waals surface area contributed by atoms with Gasteiger partial charge in [-0.15, -0.1) is 11.6 Å². The van der Waals surface area contributed by atoms with Crippen LogP contribution in [0.1, 0.15) is 51.3 Å². The number of aromatic nitrogens is 2. The molecule has 2 rings (SSSR count). The summed E-state index contributed by atoms with van der Waals surface area (Å²) < 4.78 is 2.03. The van der Waals surface area contributed by atoms with Crippen LogP contribution in [0.4, 0.5) is 0 Å². The molecule has 1 atom stereocenters. The summed E-state index contributed by atoms with van der Waals surface area (Å²) in [4.78, 5) is 2.51. The molecule has 18 heavy (non-hydrogen) atoms. The van der Waals surface area contributed by atoms with Gasteiger partial charge in [-0.25, -0.2) is 0 Å². The van der Waals surface area contributed by atoms with Crippen molar-refractivity contribution in [3.8, 4) is 0 Å². The van der Waals surface area contributed by atoms with Crippen LogP contribution in [-0.4, -0.2) is 33.1 Å². The summed E-state index contributed by atoms with van der Waals surface area (Å²) in [5.41, 5.74) is 1.17. The predicted octanol–water partition coefficient (Wildman–Crippen LogP) is 3.45. The average Bonchev–Trinajstić information content (AvgIpc) is 2.70. The molecule has 1 unspecified atom stereocenters. The number of hydrogen-bond acceptors (Lipinski definition) is 2. The first-order chi connectivity index (χ1) is 8.70. The number of halogens is 1. The summed E-state index contributed by atoms with van der Waals surface area (Å²) in [7, 11) is 0. The molecule has 1 saturated heterocycles. The molecule has 0 bridgehead atoms. The second kappa shape index (κ2) is 6.58. The molecule has 0 N–H and O–H groups in total. The Morgan fingerprint density at radius 2 is 2.22 bits per heavy atom. The Bertz CT molecular complexity index is 362. The lowest BCUT2D eigenvalue weighted by Crippen LogP contribution is -2.35. The zero-order valence-electron chi connectivity index (χ0n) is 11.5. The number of nitrogens with zero attached hydrogens (tertiary/aromatic N) is 3. The number of hydrogen-bond donors (Lipinski definition) is 0. The van der Waals surface area contributed by atoms with Crippen molar-refractivity contribution >= 4 is 11.6 Å². The Labute approximate surface area is 115 Å². The van der Waals surface area contributed by atoms with Crippen molar-refractivity contribution in [1.82, 2.24) is 14.7 Å². The SMILES string of the molecule is CC(C)n1ccc(CN2CCCCCC2CCl)n1. The van der Waals surface area contributed by atoms with Gasteiger partial charge in [0, 0.05) is 30.7 Å². The van der Waals surface area contributed by atoms with Crippen molar-refractivity contribution in [2.24, 2.45) is 0 Å². The van der Waals surface area contributed by atoms with Gasteiger partial charge in [-0.1, -0.05) is 12.8 Å². The fraction of sp³-hybridized carbons (Fsp3) is 0.786. The van der Waals surface area contributed by atoms with Crippen LogP contribution in [0, 0.1) is 0 Å². The van der Waals surface area contributed by atoms with Gasteiger partial charge in [0.25, 0.3) is 0 Å². The van der Waals surface area contributed by atoms with Gasteiger partial charge < -0.3 is 0 Å². The lowest BCUT2D eigenvalue weighted by atomic mass is 10.1. The van der Waals surface area contributed by atoms with E-state index in [2.05, 4.69) is 36.1 Å². The quantitative estimate of drug-likeness (QED) is 0.781. The summed E-state index contributed by atoms with van der Waals surface area (Å²) in [5, 5.41) is 4.64. The molecule has 0 aliphatic carbocycles. The van der Waals surface area contributed by atoms with E-state index < -0.39 is 0 Å². The highest BCUT2D eigenvalue weighted by Crippen LogP contribution is 2.20. The molecule has 4 heteroatoms. The molecule has 0 radical (unpaired) electrons. The monoisotopic (exact) mass is 269 g/mol. The molecule has 102 valence electrons. The Balaban J connectivity index is 2.00. The fourth-order valence-electron chi connectivity index (χ4n) is 2.58. The van der Waals surface area contributed by atoms with Crippen molar-refractivity contribution in [1.29, 1.82) is 0 Å². The summed E-state index contributed by atoms with van der Waals surface area (Å²) in [5.74, 6) is 0.741. The minimum Gasteiger partial charge on any atom is -0.293 e. The molecule has 3 nitrogen and oxygen atoms in total. The number of alkyl halides is 1. The van der Waals surface area contributed by atoms with Crippen LogP contribution in [0.15, 0.2) is 12.3 Å². The van der Waals surface area contributed by atoms with Crippen LogP contribution >= 0.6 is 11.6 Å². The first-order valence-electron chi connectivity index (χ1n) is 7.04. The van der Waals surface area contributed by atoms with Gasteiger partial charge in [-0.3, -0.25) is 9.58 Å². The van der Waals surface area contributed by atoms with Crippen LogP contribution in [0.5, 0.6) is 0 Å². The van der Waals surface area contributed by atoms with Gasteiger partial charge in [0.15, 0.2) is 0 Å². The van der Waals surface area contributed by atoms with Gasteiger partial charge in [-0.05, 0) is 39.3 Å². The predicted molar refractivity (Wildman–Crippen MR) is 76.0 cm³/mol. The van der Waals surface area contributed by atoms with Crippen LogP contribution in [0.3, 0.4) is 0 Å². The van der Waals surface area contributed by atoms with Crippen molar-refractivity contribution < 1.29 is 0 Å². The van der Waals surface area contributed by atoms with E-state index in [4.69, 9.17) is 11.6 Å². The van der Waals surface area contributed by atoms with Gasteiger partial charge in [-0.2, -0.15) is 5.10 Å². The zero-order chi connectivity index (χ0) is 13.0. The van der Waals surface area contributed by atoms with Crippen molar-refractivity contribution in [2.75, 3.05) is 12.4 Å². The standard InChI is InChI=1S/C14H24ClN3/c1-12(2)18-9-7-13(16-18)11-17-8-5-3-4-6-14(17)10-15/h7,9,12,14H,3-6,8,10-11H2,1-2H3. The molecule has 0 amide bonds. The first-order valence-corrected chi connectivity index (χ1v) is 7.58. The summed E-state index contributed by atoms with van der Waals surface area (Å²) in [6.07, 6.45) is 7.25. The van der Waals surface area contributed by atoms with Crippen LogP contribution in [-0.2, 0) is 6.54 Å². The maximum atomic E-state index is 6.10. The maximum Gasteiger partial charge on any atom is 0.0765 e.